The fourth-order valence-electron chi connectivity index (χ4n) is 3.12. The Labute approximate surface area is 118 Å². The maximum Gasteiger partial charge on any atom is 0.308 e. The molecule has 2 rings (SSSR count). The van der Waals surface area contributed by atoms with Gasteiger partial charge in [0, 0.05) is 32.1 Å². The van der Waals surface area contributed by atoms with Crippen LogP contribution in [0, 0.1) is 17.8 Å². The van der Waals surface area contributed by atoms with E-state index in [0.717, 1.165) is 0 Å². The van der Waals surface area contributed by atoms with Crippen molar-refractivity contribution in [1.82, 2.24) is 9.80 Å². The van der Waals surface area contributed by atoms with Crippen molar-refractivity contribution in [2.75, 3.05) is 19.6 Å². The summed E-state index contributed by atoms with van der Waals surface area (Å²) in [6.45, 7) is 6.92. The van der Waals surface area contributed by atoms with Crippen LogP contribution >= 0.6 is 0 Å². The summed E-state index contributed by atoms with van der Waals surface area (Å²) in [6, 6.07) is 0.101. The molecular formula is C14H22N2O4. The maximum atomic E-state index is 12.4. The lowest BCUT2D eigenvalue weighted by Gasteiger charge is -2.23. The summed E-state index contributed by atoms with van der Waals surface area (Å²) < 4.78 is 0. The molecule has 0 saturated carbocycles. The van der Waals surface area contributed by atoms with Gasteiger partial charge in [-0.15, -0.1) is 0 Å². The monoisotopic (exact) mass is 282 g/mol. The highest BCUT2D eigenvalue weighted by atomic mass is 16.4. The molecule has 20 heavy (non-hydrogen) atoms. The van der Waals surface area contributed by atoms with Gasteiger partial charge in [-0.25, -0.2) is 0 Å². The third-order valence-electron chi connectivity index (χ3n) is 4.37. The van der Waals surface area contributed by atoms with Crippen molar-refractivity contribution in [3.63, 3.8) is 0 Å². The third kappa shape index (κ3) is 2.64. The number of carbonyl (C=O) groups excluding carboxylic acids is 2. The van der Waals surface area contributed by atoms with Crippen molar-refractivity contribution in [2.24, 2.45) is 17.8 Å². The van der Waals surface area contributed by atoms with E-state index in [-0.39, 0.29) is 42.7 Å². The fourth-order valence-corrected chi connectivity index (χ4v) is 3.12. The Balaban J connectivity index is 2.00. The molecule has 0 radical (unpaired) electrons. The molecule has 0 aromatic carbocycles. The van der Waals surface area contributed by atoms with Crippen LogP contribution in [0.3, 0.4) is 0 Å². The summed E-state index contributed by atoms with van der Waals surface area (Å²) in [4.78, 5) is 38.7. The molecule has 0 spiro atoms. The SMILES string of the molecule is CC1CN(C(=O)C2CC(=O)N(C(C)C)C2)CC1C(=O)O. The summed E-state index contributed by atoms with van der Waals surface area (Å²) in [5, 5.41) is 9.11. The van der Waals surface area contributed by atoms with Crippen LogP contribution in [0.25, 0.3) is 0 Å². The van der Waals surface area contributed by atoms with Crippen molar-refractivity contribution in [1.29, 1.82) is 0 Å². The second-order valence-electron chi connectivity index (χ2n) is 6.21. The molecule has 0 aromatic heterocycles. The Kier molecular flexibility index (Phi) is 4.01. The number of likely N-dealkylation sites (tertiary alicyclic amines) is 2. The zero-order valence-electron chi connectivity index (χ0n) is 12.2. The molecule has 1 N–H and O–H groups in total. The summed E-state index contributed by atoms with van der Waals surface area (Å²) >= 11 is 0. The second-order valence-corrected chi connectivity index (χ2v) is 6.21. The van der Waals surface area contributed by atoms with Gasteiger partial charge in [-0.05, 0) is 19.8 Å². The molecule has 112 valence electrons. The quantitative estimate of drug-likeness (QED) is 0.814. The van der Waals surface area contributed by atoms with Gasteiger partial charge in [0.05, 0.1) is 11.8 Å². The number of hydrogen-bond donors (Lipinski definition) is 1. The van der Waals surface area contributed by atoms with E-state index in [1.807, 2.05) is 20.8 Å². The van der Waals surface area contributed by atoms with E-state index in [0.29, 0.717) is 13.1 Å². The van der Waals surface area contributed by atoms with E-state index in [1.54, 1.807) is 9.80 Å². The summed E-state index contributed by atoms with van der Waals surface area (Å²) in [5.41, 5.74) is 0. The van der Waals surface area contributed by atoms with E-state index >= 15 is 0 Å². The number of carboxylic acid groups (broad SMARTS) is 1. The molecule has 2 saturated heterocycles. The smallest absolute Gasteiger partial charge is 0.308 e. The zero-order chi connectivity index (χ0) is 15.0. The van der Waals surface area contributed by atoms with E-state index in [2.05, 4.69) is 0 Å². The van der Waals surface area contributed by atoms with Crippen LogP contribution in [0.2, 0.25) is 0 Å². The minimum Gasteiger partial charge on any atom is -0.481 e. The fraction of sp³-hybridized carbons (Fsp3) is 0.786. The van der Waals surface area contributed by atoms with Gasteiger partial charge in [-0.3, -0.25) is 14.4 Å². The zero-order valence-corrected chi connectivity index (χ0v) is 12.2. The van der Waals surface area contributed by atoms with Crippen LogP contribution < -0.4 is 0 Å². The first-order chi connectivity index (χ1) is 9.31. The van der Waals surface area contributed by atoms with Crippen molar-refractivity contribution < 1.29 is 19.5 Å². The van der Waals surface area contributed by atoms with Gasteiger partial charge in [0.25, 0.3) is 0 Å². The maximum absolute atomic E-state index is 12.4. The molecule has 2 heterocycles. The predicted octanol–water partition coefficient (Wildman–Crippen LogP) is 0.422. The molecule has 0 aliphatic carbocycles. The normalized spacial score (nSPS) is 30.4. The Morgan fingerprint density at radius 1 is 1.25 bits per heavy atom. The highest BCUT2D eigenvalue weighted by Gasteiger charge is 2.42. The molecule has 0 bridgehead atoms. The molecule has 3 unspecified atom stereocenters. The topological polar surface area (TPSA) is 77.9 Å². The summed E-state index contributed by atoms with van der Waals surface area (Å²) in [6.07, 6.45) is 0.250. The van der Waals surface area contributed by atoms with Gasteiger partial charge >= 0.3 is 5.97 Å². The van der Waals surface area contributed by atoms with Crippen LogP contribution in [0.15, 0.2) is 0 Å². The molecule has 6 heteroatoms. The molecule has 6 nitrogen and oxygen atoms in total. The number of aliphatic carboxylic acids is 1. The number of carboxylic acids is 1. The first kappa shape index (κ1) is 14.8. The Bertz CT molecular complexity index is 435. The molecule has 2 amide bonds. The van der Waals surface area contributed by atoms with Gasteiger partial charge in [0.15, 0.2) is 0 Å². The summed E-state index contributed by atoms with van der Waals surface area (Å²) in [5.74, 6) is -1.74. The van der Waals surface area contributed by atoms with E-state index in [1.165, 1.54) is 0 Å². The Morgan fingerprint density at radius 3 is 2.35 bits per heavy atom. The molecule has 2 aliphatic rings. The minimum absolute atomic E-state index is 0.0142. The van der Waals surface area contributed by atoms with Crippen LogP contribution in [0.5, 0.6) is 0 Å². The second kappa shape index (κ2) is 5.42. The van der Waals surface area contributed by atoms with Crippen molar-refractivity contribution in [2.45, 2.75) is 33.2 Å². The Hall–Kier alpha value is -1.59. The molecule has 2 aliphatic heterocycles. The minimum atomic E-state index is -0.848. The van der Waals surface area contributed by atoms with Crippen LogP contribution in [-0.2, 0) is 14.4 Å². The summed E-state index contributed by atoms with van der Waals surface area (Å²) in [7, 11) is 0. The lowest BCUT2D eigenvalue weighted by molar-refractivity contribution is -0.142. The van der Waals surface area contributed by atoms with Gasteiger partial charge in [-0.1, -0.05) is 6.92 Å². The Morgan fingerprint density at radius 2 is 1.90 bits per heavy atom. The average Bonchev–Trinajstić information content (AvgIpc) is 2.91. The van der Waals surface area contributed by atoms with E-state index < -0.39 is 11.9 Å². The lowest BCUT2D eigenvalue weighted by atomic mass is 9.99. The van der Waals surface area contributed by atoms with E-state index in [9.17, 15) is 14.4 Å². The van der Waals surface area contributed by atoms with Gasteiger partial charge in [0.1, 0.15) is 0 Å². The number of nitrogens with zero attached hydrogens (tertiary/aromatic N) is 2. The van der Waals surface area contributed by atoms with Crippen LogP contribution in [0.4, 0.5) is 0 Å². The van der Waals surface area contributed by atoms with Gasteiger partial charge < -0.3 is 14.9 Å². The number of carbonyl (C=O) groups is 3. The number of hydrogen-bond acceptors (Lipinski definition) is 3. The van der Waals surface area contributed by atoms with E-state index in [4.69, 9.17) is 5.11 Å². The van der Waals surface area contributed by atoms with Gasteiger partial charge in [-0.2, -0.15) is 0 Å². The highest BCUT2D eigenvalue weighted by molar-refractivity contribution is 5.90. The molecule has 3 atom stereocenters. The first-order valence-electron chi connectivity index (χ1n) is 7.12. The predicted molar refractivity (Wildman–Crippen MR) is 71.8 cm³/mol. The molecule has 2 fully saturated rings. The largest absolute Gasteiger partial charge is 0.481 e. The van der Waals surface area contributed by atoms with Crippen molar-refractivity contribution in [3.8, 4) is 0 Å². The lowest BCUT2D eigenvalue weighted by Crippen LogP contribution is -2.37. The van der Waals surface area contributed by atoms with Crippen LogP contribution in [-0.4, -0.2) is 58.4 Å². The number of amides is 2. The number of rotatable bonds is 3. The standard InChI is InChI=1S/C14H22N2O4/c1-8(2)16-6-10(4-12(16)17)13(18)15-5-9(3)11(7-15)14(19)20/h8-11H,4-7H2,1-3H3,(H,19,20). The first-order valence-corrected chi connectivity index (χ1v) is 7.12. The molecular weight excluding hydrogens is 260 g/mol. The van der Waals surface area contributed by atoms with Crippen LogP contribution in [0.1, 0.15) is 27.2 Å². The van der Waals surface area contributed by atoms with Crippen molar-refractivity contribution >= 4 is 17.8 Å². The third-order valence-corrected chi connectivity index (χ3v) is 4.37. The average molecular weight is 282 g/mol. The van der Waals surface area contributed by atoms with Gasteiger partial charge in [0.2, 0.25) is 11.8 Å². The molecule has 0 aromatic rings. The van der Waals surface area contributed by atoms with Crippen molar-refractivity contribution in [3.05, 3.63) is 0 Å². The highest BCUT2D eigenvalue weighted by Crippen LogP contribution is 2.28.